The minimum Gasteiger partial charge on any atom is -0.344 e. The molecule has 0 aliphatic carbocycles. The van der Waals surface area contributed by atoms with Gasteiger partial charge in [0.05, 0.1) is 17.8 Å². The second-order valence-corrected chi connectivity index (χ2v) is 8.60. The molecule has 11 heteroatoms. The van der Waals surface area contributed by atoms with Crippen molar-refractivity contribution in [2.75, 3.05) is 38.0 Å². The van der Waals surface area contributed by atoms with Gasteiger partial charge in [-0.05, 0) is 30.2 Å². The molecule has 3 rings (SSSR count). The van der Waals surface area contributed by atoms with Gasteiger partial charge in [0.15, 0.2) is 0 Å². The van der Waals surface area contributed by atoms with E-state index < -0.39 is 35.4 Å². The van der Waals surface area contributed by atoms with Crippen molar-refractivity contribution in [2.24, 2.45) is 0 Å². The van der Waals surface area contributed by atoms with E-state index in [1.54, 1.807) is 21.9 Å². The lowest BCUT2D eigenvalue weighted by Gasteiger charge is -2.27. The van der Waals surface area contributed by atoms with E-state index in [4.69, 9.17) is 0 Å². The molecule has 1 unspecified atom stereocenters. The third-order valence-corrected chi connectivity index (χ3v) is 5.83. The minimum atomic E-state index is -4.60. The van der Waals surface area contributed by atoms with Gasteiger partial charge >= 0.3 is 6.18 Å². The Morgan fingerprint density at radius 2 is 1.67 bits per heavy atom. The van der Waals surface area contributed by atoms with Crippen molar-refractivity contribution in [3.8, 4) is 0 Å². The van der Waals surface area contributed by atoms with Gasteiger partial charge in [0, 0.05) is 39.5 Å². The molecule has 0 radical (unpaired) electrons. The zero-order chi connectivity index (χ0) is 26.3. The van der Waals surface area contributed by atoms with Crippen LogP contribution >= 0.6 is 0 Å². The van der Waals surface area contributed by atoms with Gasteiger partial charge in [0.2, 0.25) is 17.7 Å². The van der Waals surface area contributed by atoms with E-state index in [9.17, 15) is 31.9 Å². The van der Waals surface area contributed by atoms with Crippen LogP contribution in [-0.4, -0.2) is 66.3 Å². The quantitative estimate of drug-likeness (QED) is 0.564. The molecule has 1 atom stereocenters. The summed E-state index contributed by atoms with van der Waals surface area (Å²) < 4.78 is 53.7. The number of rotatable bonds is 7. The van der Waals surface area contributed by atoms with Gasteiger partial charge in [-0.15, -0.1) is 0 Å². The van der Waals surface area contributed by atoms with E-state index >= 15 is 0 Å². The van der Waals surface area contributed by atoms with Gasteiger partial charge in [-0.25, -0.2) is 4.39 Å². The van der Waals surface area contributed by atoms with E-state index in [-0.39, 0.29) is 31.1 Å². The molecule has 3 amide bonds. The maximum atomic E-state index is 14.1. The van der Waals surface area contributed by atoms with Crippen molar-refractivity contribution in [1.29, 1.82) is 0 Å². The second kappa shape index (κ2) is 12.0. The summed E-state index contributed by atoms with van der Waals surface area (Å²) in [4.78, 5) is 40.7. The fraction of sp³-hybridized carbons (Fsp3) is 0.400. The highest BCUT2D eigenvalue weighted by atomic mass is 19.4. The number of amides is 3. The molecule has 2 aromatic carbocycles. The minimum absolute atomic E-state index is 0.00762. The predicted octanol–water partition coefficient (Wildman–Crippen LogP) is 3.06. The first-order valence-electron chi connectivity index (χ1n) is 11.5. The van der Waals surface area contributed by atoms with Crippen molar-refractivity contribution in [2.45, 2.75) is 32.0 Å². The van der Waals surface area contributed by atoms with Crippen molar-refractivity contribution in [1.82, 2.24) is 15.1 Å². The number of nitrogens with one attached hydrogen (secondary N) is 2. The molecule has 1 heterocycles. The Morgan fingerprint density at radius 1 is 0.972 bits per heavy atom. The average molecular weight is 509 g/mol. The molecule has 0 bridgehead atoms. The predicted molar refractivity (Wildman–Crippen MR) is 125 cm³/mol. The summed E-state index contributed by atoms with van der Waals surface area (Å²) in [6.07, 6.45) is -4.09. The Morgan fingerprint density at radius 3 is 2.36 bits per heavy atom. The van der Waals surface area contributed by atoms with Crippen LogP contribution in [0.2, 0.25) is 0 Å². The van der Waals surface area contributed by atoms with Crippen LogP contribution in [0, 0.1) is 5.82 Å². The lowest BCUT2D eigenvalue weighted by Crippen LogP contribution is -2.50. The summed E-state index contributed by atoms with van der Waals surface area (Å²) >= 11 is 0. The van der Waals surface area contributed by atoms with Gasteiger partial charge in [-0.1, -0.05) is 30.3 Å². The first kappa shape index (κ1) is 27.1. The third kappa shape index (κ3) is 7.51. The van der Waals surface area contributed by atoms with Crippen LogP contribution in [0.5, 0.6) is 0 Å². The highest BCUT2D eigenvalue weighted by Gasteiger charge is 2.34. The number of carbonyl (C=O) groups excluding carboxylic acids is 3. The number of hydrogen-bond donors (Lipinski definition) is 2. The van der Waals surface area contributed by atoms with E-state index in [1.807, 2.05) is 0 Å². The van der Waals surface area contributed by atoms with E-state index in [0.717, 1.165) is 6.07 Å². The number of anilines is 1. The summed E-state index contributed by atoms with van der Waals surface area (Å²) in [5.74, 6) is -1.85. The maximum Gasteiger partial charge on any atom is 0.418 e. The number of nitrogens with zero attached hydrogens (tertiary/aromatic N) is 2. The maximum absolute atomic E-state index is 14.1. The molecule has 2 N–H and O–H groups in total. The van der Waals surface area contributed by atoms with E-state index in [1.165, 1.54) is 37.3 Å². The van der Waals surface area contributed by atoms with Crippen molar-refractivity contribution < 1.29 is 31.9 Å². The fourth-order valence-electron chi connectivity index (χ4n) is 4.13. The van der Waals surface area contributed by atoms with Crippen molar-refractivity contribution >= 4 is 23.4 Å². The number of para-hydroxylation sites is 1. The summed E-state index contributed by atoms with van der Waals surface area (Å²) in [6, 6.07) is 9.83. The van der Waals surface area contributed by atoms with Crippen LogP contribution in [0.1, 0.15) is 24.5 Å². The number of carbonyl (C=O) groups is 3. The number of benzene rings is 2. The number of alkyl halides is 3. The smallest absolute Gasteiger partial charge is 0.344 e. The first-order chi connectivity index (χ1) is 17.0. The topological polar surface area (TPSA) is 81.8 Å². The normalized spacial score (nSPS) is 15.6. The summed E-state index contributed by atoms with van der Waals surface area (Å²) in [6.45, 7) is 2.52. The van der Waals surface area contributed by atoms with Crippen LogP contribution < -0.4 is 10.6 Å². The van der Waals surface area contributed by atoms with E-state index in [2.05, 4.69) is 10.6 Å². The standard InChI is InChI=1S/C25H28F4N4O3/c1-17(34)30-22(15-18-7-2-4-9-20(18)26)24(36)33-12-6-11-32(13-14-33)16-23(35)31-21-10-5-3-8-19(21)25(27,28)29/h2-5,7-10,22H,6,11-16H2,1H3,(H,30,34)(H,31,35). The van der Waals surface area contributed by atoms with Gasteiger partial charge in [0.25, 0.3) is 0 Å². The zero-order valence-electron chi connectivity index (χ0n) is 19.8. The molecule has 0 aromatic heterocycles. The molecule has 36 heavy (non-hydrogen) atoms. The van der Waals surface area contributed by atoms with Gasteiger partial charge in [-0.3, -0.25) is 19.3 Å². The SMILES string of the molecule is CC(=O)NC(Cc1ccccc1F)C(=O)N1CCCN(CC(=O)Nc2ccccc2C(F)(F)F)CC1. The lowest BCUT2D eigenvalue weighted by atomic mass is 10.0. The Labute approximate surface area is 206 Å². The lowest BCUT2D eigenvalue weighted by molar-refractivity contribution is -0.137. The number of halogens is 4. The molecule has 1 saturated heterocycles. The van der Waals surface area contributed by atoms with Crippen molar-refractivity contribution in [3.63, 3.8) is 0 Å². The van der Waals surface area contributed by atoms with Crippen LogP contribution in [0.25, 0.3) is 0 Å². The second-order valence-electron chi connectivity index (χ2n) is 8.60. The Bertz CT molecular complexity index is 1090. The third-order valence-electron chi connectivity index (χ3n) is 5.83. The Balaban J connectivity index is 1.60. The molecular weight excluding hydrogens is 480 g/mol. The van der Waals surface area contributed by atoms with Gasteiger partial charge in [-0.2, -0.15) is 13.2 Å². The molecule has 2 aromatic rings. The Hall–Kier alpha value is -3.47. The van der Waals surface area contributed by atoms with E-state index in [0.29, 0.717) is 31.6 Å². The first-order valence-corrected chi connectivity index (χ1v) is 11.5. The molecule has 0 saturated carbocycles. The van der Waals surface area contributed by atoms with Gasteiger partial charge in [0.1, 0.15) is 11.9 Å². The molecule has 1 aliphatic rings. The fourth-order valence-corrected chi connectivity index (χ4v) is 4.13. The van der Waals surface area contributed by atoms with Gasteiger partial charge < -0.3 is 15.5 Å². The molecule has 7 nitrogen and oxygen atoms in total. The highest BCUT2D eigenvalue weighted by Crippen LogP contribution is 2.34. The Kier molecular flexibility index (Phi) is 9.03. The largest absolute Gasteiger partial charge is 0.418 e. The molecule has 1 fully saturated rings. The summed E-state index contributed by atoms with van der Waals surface area (Å²) in [5, 5.41) is 4.92. The van der Waals surface area contributed by atoms with Crippen LogP contribution in [0.4, 0.5) is 23.2 Å². The van der Waals surface area contributed by atoms with Crippen LogP contribution in [0.3, 0.4) is 0 Å². The van der Waals surface area contributed by atoms with Crippen molar-refractivity contribution in [3.05, 3.63) is 65.5 Å². The summed E-state index contributed by atoms with van der Waals surface area (Å²) in [7, 11) is 0. The van der Waals surface area contributed by atoms with Crippen LogP contribution in [0.15, 0.2) is 48.5 Å². The highest BCUT2D eigenvalue weighted by molar-refractivity contribution is 5.93. The molecule has 0 spiro atoms. The van der Waals surface area contributed by atoms with Crippen LogP contribution in [-0.2, 0) is 27.0 Å². The average Bonchev–Trinajstić information content (AvgIpc) is 3.04. The zero-order valence-corrected chi connectivity index (χ0v) is 19.8. The monoisotopic (exact) mass is 508 g/mol. The number of hydrogen-bond acceptors (Lipinski definition) is 4. The molecule has 194 valence electrons. The molecular formula is C25H28F4N4O3. The summed E-state index contributed by atoms with van der Waals surface area (Å²) in [5.41, 5.74) is -0.936. The molecule has 1 aliphatic heterocycles.